The Hall–Kier alpha value is -1.69. The highest BCUT2D eigenvalue weighted by molar-refractivity contribution is 9.10. The van der Waals surface area contributed by atoms with Gasteiger partial charge in [0.05, 0.1) is 11.6 Å². The van der Waals surface area contributed by atoms with Crippen LogP contribution in [0.3, 0.4) is 0 Å². The summed E-state index contributed by atoms with van der Waals surface area (Å²) >= 11 is 9.52. The molecule has 1 fully saturated rings. The van der Waals surface area contributed by atoms with E-state index >= 15 is 0 Å². The van der Waals surface area contributed by atoms with Crippen molar-refractivity contribution in [3.05, 3.63) is 69.5 Å². The second-order valence-electron chi connectivity index (χ2n) is 5.55. The third kappa shape index (κ3) is 4.44. The molecule has 0 aliphatic carbocycles. The molecule has 1 heterocycles. The molecule has 0 saturated carbocycles. The number of morpholine rings is 1. The predicted molar refractivity (Wildman–Crippen MR) is 99.9 cm³/mol. The van der Waals surface area contributed by atoms with Crippen LogP contribution in [0.4, 0.5) is 5.69 Å². The fourth-order valence-corrected chi connectivity index (χ4v) is 3.00. The highest BCUT2D eigenvalue weighted by atomic mass is 79.9. The van der Waals surface area contributed by atoms with Gasteiger partial charge in [0, 0.05) is 23.2 Å². The molecule has 0 radical (unpaired) electrons. The number of hydrogen-bond donors (Lipinski definition) is 1. The molecule has 24 heavy (non-hydrogen) atoms. The van der Waals surface area contributed by atoms with Gasteiger partial charge in [-0.1, -0.05) is 41.9 Å². The zero-order valence-corrected chi connectivity index (χ0v) is 15.4. The summed E-state index contributed by atoms with van der Waals surface area (Å²) < 4.78 is 12.1. The van der Waals surface area contributed by atoms with Crippen molar-refractivity contribution in [1.82, 2.24) is 4.90 Å². The molecular weight excluding hydrogens is 392 g/mol. The minimum absolute atomic E-state index is 0.463. The minimum Gasteiger partial charge on any atom is -0.492 e. The highest BCUT2D eigenvalue weighted by Gasteiger charge is 2.16. The molecule has 0 atom stereocenters. The van der Waals surface area contributed by atoms with E-state index in [0.717, 1.165) is 23.3 Å². The SMILES string of the molecule is Nc1cc(Cl)c(OC=C2CN(Cc3ccccc3)CCO2)cc1Br. The number of hydrogen-bond acceptors (Lipinski definition) is 4. The molecular formula is C18H18BrClN2O2. The smallest absolute Gasteiger partial charge is 0.146 e. The monoisotopic (exact) mass is 408 g/mol. The van der Waals surface area contributed by atoms with Gasteiger partial charge in [0.25, 0.3) is 0 Å². The molecule has 1 saturated heterocycles. The van der Waals surface area contributed by atoms with Crippen molar-refractivity contribution >= 4 is 33.2 Å². The fourth-order valence-electron chi connectivity index (χ4n) is 2.46. The van der Waals surface area contributed by atoms with Gasteiger partial charge in [0.1, 0.15) is 24.4 Å². The number of anilines is 1. The van der Waals surface area contributed by atoms with Crippen LogP contribution in [0.15, 0.2) is 59.0 Å². The van der Waals surface area contributed by atoms with Crippen LogP contribution < -0.4 is 10.5 Å². The van der Waals surface area contributed by atoms with Gasteiger partial charge >= 0.3 is 0 Å². The van der Waals surface area contributed by atoms with E-state index in [-0.39, 0.29) is 0 Å². The second-order valence-corrected chi connectivity index (χ2v) is 6.81. The molecule has 2 N–H and O–H groups in total. The van der Waals surface area contributed by atoms with Gasteiger partial charge in [-0.3, -0.25) is 4.90 Å². The van der Waals surface area contributed by atoms with Crippen LogP contribution in [0.1, 0.15) is 5.56 Å². The Balaban J connectivity index is 1.64. The van der Waals surface area contributed by atoms with Crippen molar-refractivity contribution in [2.75, 3.05) is 25.4 Å². The van der Waals surface area contributed by atoms with Gasteiger partial charge < -0.3 is 15.2 Å². The Morgan fingerprint density at radius 2 is 2.08 bits per heavy atom. The van der Waals surface area contributed by atoms with Crippen LogP contribution in [0.25, 0.3) is 0 Å². The summed E-state index contributed by atoms with van der Waals surface area (Å²) in [4.78, 5) is 2.31. The zero-order valence-electron chi connectivity index (χ0n) is 13.0. The van der Waals surface area contributed by atoms with Crippen molar-refractivity contribution in [3.8, 4) is 5.75 Å². The lowest BCUT2D eigenvalue weighted by molar-refractivity contribution is 0.0843. The molecule has 3 rings (SSSR count). The summed E-state index contributed by atoms with van der Waals surface area (Å²) in [5.74, 6) is 1.32. The molecule has 126 valence electrons. The Morgan fingerprint density at radius 3 is 2.88 bits per heavy atom. The molecule has 1 aliphatic rings. The summed E-state index contributed by atoms with van der Waals surface area (Å²) in [5.41, 5.74) is 7.64. The van der Waals surface area contributed by atoms with Crippen molar-refractivity contribution < 1.29 is 9.47 Å². The zero-order chi connectivity index (χ0) is 16.9. The molecule has 0 unspecified atom stereocenters. The normalized spacial score (nSPS) is 16.8. The second kappa shape index (κ2) is 7.92. The molecule has 6 heteroatoms. The van der Waals surface area contributed by atoms with E-state index in [1.165, 1.54) is 5.56 Å². The van der Waals surface area contributed by atoms with Crippen LogP contribution >= 0.6 is 27.5 Å². The fraction of sp³-hybridized carbons (Fsp3) is 0.222. The Kier molecular flexibility index (Phi) is 5.66. The van der Waals surface area contributed by atoms with E-state index in [0.29, 0.717) is 29.6 Å². The number of ether oxygens (including phenoxy) is 2. The summed E-state index contributed by atoms with van der Waals surface area (Å²) in [6, 6.07) is 13.8. The van der Waals surface area contributed by atoms with Gasteiger partial charge in [-0.05, 0) is 33.6 Å². The van der Waals surface area contributed by atoms with Crippen molar-refractivity contribution in [2.45, 2.75) is 6.54 Å². The maximum atomic E-state index is 6.15. The Bertz CT molecular complexity index is 737. The molecule has 0 amide bonds. The average molecular weight is 410 g/mol. The number of nitrogens with two attached hydrogens (primary N) is 1. The molecule has 0 bridgehead atoms. The van der Waals surface area contributed by atoms with Crippen LogP contribution in [-0.4, -0.2) is 24.6 Å². The van der Waals surface area contributed by atoms with E-state index in [4.69, 9.17) is 26.8 Å². The largest absolute Gasteiger partial charge is 0.492 e. The van der Waals surface area contributed by atoms with Gasteiger partial charge in [-0.2, -0.15) is 0 Å². The van der Waals surface area contributed by atoms with Crippen LogP contribution in [0, 0.1) is 0 Å². The maximum absolute atomic E-state index is 6.15. The topological polar surface area (TPSA) is 47.7 Å². The molecule has 2 aromatic rings. The lowest BCUT2D eigenvalue weighted by Crippen LogP contribution is -2.34. The van der Waals surface area contributed by atoms with Crippen LogP contribution in [0.2, 0.25) is 5.02 Å². The summed E-state index contributed by atoms with van der Waals surface area (Å²) in [7, 11) is 0. The van der Waals surface area contributed by atoms with Crippen LogP contribution in [-0.2, 0) is 11.3 Å². The van der Waals surface area contributed by atoms with Crippen molar-refractivity contribution in [2.24, 2.45) is 0 Å². The quantitative estimate of drug-likeness (QED) is 0.599. The number of nitrogens with zero attached hydrogens (tertiary/aromatic N) is 1. The number of rotatable bonds is 4. The lowest BCUT2D eigenvalue weighted by Gasteiger charge is -2.28. The third-order valence-electron chi connectivity index (χ3n) is 3.69. The van der Waals surface area contributed by atoms with Crippen LogP contribution in [0.5, 0.6) is 5.75 Å². The lowest BCUT2D eigenvalue weighted by atomic mass is 10.2. The Labute approximate surface area is 154 Å². The first-order valence-electron chi connectivity index (χ1n) is 7.61. The molecule has 0 spiro atoms. The summed E-state index contributed by atoms with van der Waals surface area (Å²) in [6.07, 6.45) is 1.61. The van der Waals surface area contributed by atoms with Gasteiger partial charge in [-0.25, -0.2) is 0 Å². The molecule has 0 aromatic heterocycles. The van der Waals surface area contributed by atoms with Gasteiger partial charge in [-0.15, -0.1) is 0 Å². The summed E-state index contributed by atoms with van der Waals surface area (Å²) in [5, 5.41) is 0.463. The number of halogens is 2. The van der Waals surface area contributed by atoms with Gasteiger partial charge in [0.2, 0.25) is 0 Å². The first-order chi connectivity index (χ1) is 11.6. The van der Waals surface area contributed by atoms with Gasteiger partial charge in [0.15, 0.2) is 0 Å². The van der Waals surface area contributed by atoms with E-state index in [2.05, 4.69) is 45.1 Å². The average Bonchev–Trinajstić information content (AvgIpc) is 2.58. The van der Waals surface area contributed by atoms with E-state index in [1.54, 1.807) is 18.4 Å². The van der Waals surface area contributed by atoms with Crippen molar-refractivity contribution in [3.63, 3.8) is 0 Å². The summed E-state index contributed by atoms with van der Waals surface area (Å²) in [6.45, 7) is 3.11. The molecule has 4 nitrogen and oxygen atoms in total. The first kappa shape index (κ1) is 17.1. The molecule has 1 aliphatic heterocycles. The highest BCUT2D eigenvalue weighted by Crippen LogP contribution is 2.33. The minimum atomic E-state index is 0.463. The predicted octanol–water partition coefficient (Wildman–Crippen LogP) is 4.44. The standard InChI is InChI=1S/C18H18BrClN2O2/c19-15-8-18(16(20)9-17(15)21)24-12-14-11-22(6-7-23-14)10-13-4-2-1-3-5-13/h1-5,8-9,12H,6-7,10-11,21H2. The third-order valence-corrected chi connectivity index (χ3v) is 4.67. The Morgan fingerprint density at radius 1 is 1.29 bits per heavy atom. The van der Waals surface area contributed by atoms with E-state index < -0.39 is 0 Å². The van der Waals surface area contributed by atoms with E-state index in [9.17, 15) is 0 Å². The van der Waals surface area contributed by atoms with Crippen molar-refractivity contribution in [1.29, 1.82) is 0 Å². The van der Waals surface area contributed by atoms with E-state index in [1.807, 2.05) is 6.07 Å². The maximum Gasteiger partial charge on any atom is 0.146 e. The molecule has 2 aromatic carbocycles. The first-order valence-corrected chi connectivity index (χ1v) is 8.78. The number of benzene rings is 2. The number of nitrogen functional groups attached to an aromatic ring is 1.